The summed E-state index contributed by atoms with van der Waals surface area (Å²) in [5, 5.41) is 4.02. The lowest BCUT2D eigenvalue weighted by atomic mass is 9.89. The second-order valence-electron chi connectivity index (χ2n) is 9.41. The van der Waals surface area contributed by atoms with E-state index in [-0.39, 0.29) is 23.3 Å². The smallest absolute Gasteiger partial charge is 0.245 e. The average molecular weight is 430 g/mol. The maximum Gasteiger partial charge on any atom is 0.245 e. The van der Waals surface area contributed by atoms with E-state index < -0.39 is 0 Å². The number of aliphatic imine (C=N–C) groups is 1. The van der Waals surface area contributed by atoms with Gasteiger partial charge in [0.15, 0.2) is 0 Å². The van der Waals surface area contributed by atoms with Gasteiger partial charge in [0.2, 0.25) is 17.7 Å². The summed E-state index contributed by atoms with van der Waals surface area (Å²) in [5.74, 6) is 1.76. The number of nitrogens with zero attached hydrogens (tertiary/aromatic N) is 2. The summed E-state index contributed by atoms with van der Waals surface area (Å²) in [4.78, 5) is 19.5. The van der Waals surface area contributed by atoms with Crippen LogP contribution in [-0.2, 0) is 9.53 Å². The molecule has 0 saturated carbocycles. The van der Waals surface area contributed by atoms with Crippen LogP contribution >= 0.6 is 11.6 Å². The number of carbonyl (C=O) groups is 1. The van der Waals surface area contributed by atoms with Gasteiger partial charge in [-0.2, -0.15) is 0 Å². The normalized spacial score (nSPS) is 18.6. The van der Waals surface area contributed by atoms with E-state index in [1.165, 1.54) is 5.56 Å². The van der Waals surface area contributed by atoms with E-state index in [4.69, 9.17) is 16.3 Å². The van der Waals surface area contributed by atoms with Crippen molar-refractivity contribution in [3.63, 3.8) is 0 Å². The fraction of sp³-hybridized carbons (Fsp3) is 0.542. The van der Waals surface area contributed by atoms with Gasteiger partial charge in [0.25, 0.3) is 0 Å². The van der Waals surface area contributed by atoms with Crippen LogP contribution in [0.2, 0.25) is 5.02 Å². The zero-order chi connectivity index (χ0) is 21.9. The monoisotopic (exact) mass is 429 g/mol. The highest BCUT2D eigenvalue weighted by atomic mass is 35.5. The average Bonchev–Trinajstić information content (AvgIpc) is 2.72. The molecule has 2 aliphatic heterocycles. The first-order chi connectivity index (χ1) is 14.1. The van der Waals surface area contributed by atoms with Crippen molar-refractivity contribution in [2.75, 3.05) is 13.1 Å². The minimum atomic E-state index is -0.368. The molecule has 1 fully saturated rings. The van der Waals surface area contributed by atoms with Gasteiger partial charge in [0.05, 0.1) is 6.20 Å². The Morgan fingerprint density at radius 2 is 1.87 bits per heavy atom. The molecule has 162 valence electrons. The van der Waals surface area contributed by atoms with Crippen molar-refractivity contribution in [3.05, 3.63) is 52.7 Å². The Labute approximate surface area is 184 Å². The Balaban J connectivity index is 1.61. The molecule has 1 aromatic carbocycles. The molecule has 1 unspecified atom stereocenters. The van der Waals surface area contributed by atoms with E-state index in [1.54, 1.807) is 6.20 Å². The zero-order valence-electron chi connectivity index (χ0n) is 18.5. The lowest BCUT2D eigenvalue weighted by Gasteiger charge is -2.36. The van der Waals surface area contributed by atoms with Crippen molar-refractivity contribution in [1.29, 1.82) is 0 Å². The van der Waals surface area contributed by atoms with Crippen LogP contribution in [0.1, 0.15) is 58.9 Å². The number of nitrogens with one attached hydrogen (secondary N) is 1. The number of amides is 1. The second-order valence-corrected chi connectivity index (χ2v) is 9.84. The van der Waals surface area contributed by atoms with Crippen LogP contribution in [0.5, 0.6) is 0 Å². The fourth-order valence-corrected chi connectivity index (χ4v) is 3.87. The van der Waals surface area contributed by atoms with Crippen LogP contribution in [0.15, 0.2) is 47.1 Å². The summed E-state index contributed by atoms with van der Waals surface area (Å²) < 4.78 is 5.89. The number of carbonyl (C=O) groups excluding carboxylic acids is 1. The number of rotatable bonds is 5. The molecule has 1 aromatic rings. The van der Waals surface area contributed by atoms with Gasteiger partial charge >= 0.3 is 0 Å². The Bertz CT molecular complexity index is 853. The topological polar surface area (TPSA) is 53.9 Å². The number of piperidine rings is 1. The van der Waals surface area contributed by atoms with Crippen molar-refractivity contribution < 1.29 is 9.53 Å². The second kappa shape index (κ2) is 9.28. The van der Waals surface area contributed by atoms with Crippen molar-refractivity contribution in [2.24, 2.45) is 16.3 Å². The third-order valence-electron chi connectivity index (χ3n) is 5.59. The summed E-state index contributed by atoms with van der Waals surface area (Å²) in [7, 11) is 0. The molecule has 0 aliphatic carbocycles. The summed E-state index contributed by atoms with van der Waals surface area (Å²) >= 11 is 6.01. The molecule has 1 amide bonds. The largest absolute Gasteiger partial charge is 0.419 e. The number of benzene rings is 1. The number of likely N-dealkylation sites (tertiary alicyclic amines) is 1. The minimum Gasteiger partial charge on any atom is -0.419 e. The van der Waals surface area contributed by atoms with Gasteiger partial charge in [0.1, 0.15) is 6.04 Å². The Kier molecular flexibility index (Phi) is 6.95. The number of ether oxygens (including phenoxy) is 1. The first-order valence-electron chi connectivity index (χ1n) is 10.7. The maximum absolute atomic E-state index is 13.3. The quantitative estimate of drug-likeness (QED) is 0.663. The molecular formula is C24H32ClN3O2. The van der Waals surface area contributed by atoms with E-state index in [9.17, 15) is 4.79 Å². The van der Waals surface area contributed by atoms with Crippen molar-refractivity contribution in [1.82, 2.24) is 10.2 Å². The highest BCUT2D eigenvalue weighted by molar-refractivity contribution is 6.30. The maximum atomic E-state index is 13.3. The van der Waals surface area contributed by atoms with Gasteiger partial charge in [-0.3, -0.25) is 4.79 Å². The van der Waals surface area contributed by atoms with E-state index >= 15 is 0 Å². The molecule has 2 heterocycles. The lowest BCUT2D eigenvalue weighted by molar-refractivity contribution is -0.135. The number of hydrogen-bond donors (Lipinski definition) is 1. The van der Waals surface area contributed by atoms with Gasteiger partial charge in [-0.05, 0) is 48.1 Å². The highest BCUT2D eigenvalue weighted by Crippen LogP contribution is 2.29. The fourth-order valence-electron chi connectivity index (χ4n) is 3.74. The van der Waals surface area contributed by atoms with Crippen molar-refractivity contribution in [3.8, 4) is 0 Å². The third kappa shape index (κ3) is 5.47. The third-order valence-corrected chi connectivity index (χ3v) is 5.84. The van der Waals surface area contributed by atoms with Gasteiger partial charge in [-0.1, -0.05) is 58.4 Å². The van der Waals surface area contributed by atoms with Crippen molar-refractivity contribution in [2.45, 2.75) is 59.4 Å². The molecule has 1 atom stereocenters. The van der Waals surface area contributed by atoms with Crippen LogP contribution < -0.4 is 5.32 Å². The predicted molar refractivity (Wildman–Crippen MR) is 121 cm³/mol. The van der Waals surface area contributed by atoms with E-state index in [0.29, 0.717) is 17.7 Å². The molecule has 0 aromatic heterocycles. The van der Waals surface area contributed by atoms with Crippen molar-refractivity contribution >= 4 is 23.4 Å². The molecule has 0 bridgehead atoms. The van der Waals surface area contributed by atoms with Crippen LogP contribution in [-0.4, -0.2) is 35.8 Å². The molecule has 6 heteroatoms. The zero-order valence-corrected chi connectivity index (χ0v) is 19.3. The minimum absolute atomic E-state index is 0.109. The van der Waals surface area contributed by atoms with Gasteiger partial charge in [-0.25, -0.2) is 4.99 Å². The molecule has 3 rings (SSSR count). The highest BCUT2D eigenvalue weighted by Gasteiger charge is 2.32. The lowest BCUT2D eigenvalue weighted by Crippen LogP contribution is -2.51. The molecule has 0 spiro atoms. The van der Waals surface area contributed by atoms with Crippen LogP contribution in [0.4, 0.5) is 0 Å². The molecule has 5 nitrogen and oxygen atoms in total. The molecule has 1 N–H and O–H groups in total. The van der Waals surface area contributed by atoms with Crippen LogP contribution in [0.25, 0.3) is 0 Å². The Morgan fingerprint density at radius 1 is 1.23 bits per heavy atom. The van der Waals surface area contributed by atoms with Crippen LogP contribution in [0.3, 0.4) is 0 Å². The standard InChI is InChI=1S/C24H32ClN3O2/c1-16(2)21(27-20-10-13-26-23(30-20)24(3,4)5)22(29)28-14-11-18(12-15-28)17-6-8-19(25)9-7-17/h6-9,13,16,18,21,27H,11-12,14-15H2,1-5H3. The van der Waals surface area contributed by atoms with E-state index in [0.717, 1.165) is 31.0 Å². The Hall–Kier alpha value is -2.23. The predicted octanol–water partition coefficient (Wildman–Crippen LogP) is 5.09. The van der Waals surface area contributed by atoms with Crippen LogP contribution in [0, 0.1) is 11.3 Å². The molecule has 2 aliphatic rings. The molecule has 1 saturated heterocycles. The first kappa shape index (κ1) is 22.5. The number of halogens is 1. The summed E-state index contributed by atoms with van der Waals surface area (Å²) in [6.45, 7) is 11.7. The number of hydrogen-bond acceptors (Lipinski definition) is 4. The molecule has 30 heavy (non-hydrogen) atoms. The summed E-state index contributed by atoms with van der Waals surface area (Å²) in [5.41, 5.74) is 4.07. The Morgan fingerprint density at radius 3 is 2.43 bits per heavy atom. The van der Waals surface area contributed by atoms with Gasteiger partial charge in [0, 0.05) is 23.5 Å². The summed E-state index contributed by atoms with van der Waals surface area (Å²) in [6.07, 6.45) is 3.52. The van der Waals surface area contributed by atoms with E-state index in [1.807, 2.05) is 51.7 Å². The molecule has 0 radical (unpaired) electrons. The first-order valence-corrected chi connectivity index (χ1v) is 11.0. The SMILES string of the molecule is CC(C)C(NC1=C=CN=C(C(C)(C)C)O1)C(=O)N1CCC(c2ccc(Cl)cc2)CC1. The molecular weight excluding hydrogens is 398 g/mol. The van der Waals surface area contributed by atoms with Gasteiger partial charge in [-0.15, -0.1) is 0 Å². The van der Waals surface area contributed by atoms with E-state index in [2.05, 4.69) is 28.2 Å². The summed E-state index contributed by atoms with van der Waals surface area (Å²) in [6, 6.07) is 7.70. The van der Waals surface area contributed by atoms with Gasteiger partial charge < -0.3 is 15.0 Å².